The molecule has 0 amide bonds. The minimum absolute atomic E-state index is 0.108. The van der Waals surface area contributed by atoms with E-state index in [1.54, 1.807) is 12.4 Å². The molecular formula is C7H8N4. The van der Waals surface area contributed by atoms with E-state index in [2.05, 4.69) is 15.0 Å². The molecule has 1 aromatic heterocycles. The molecule has 0 saturated heterocycles. The second-order valence-corrected chi connectivity index (χ2v) is 2.16. The molecule has 0 aliphatic heterocycles. The zero-order chi connectivity index (χ0) is 8.10. The van der Waals surface area contributed by atoms with E-state index in [4.69, 9.17) is 5.53 Å². The largest absolute Gasteiger partial charge is 0.265 e. The second-order valence-electron chi connectivity index (χ2n) is 2.16. The Labute approximate surface area is 64.5 Å². The van der Waals surface area contributed by atoms with E-state index in [0.29, 0.717) is 0 Å². The highest BCUT2D eigenvalue weighted by Crippen LogP contribution is 2.14. The van der Waals surface area contributed by atoms with Crippen molar-refractivity contribution in [1.82, 2.24) is 4.98 Å². The zero-order valence-corrected chi connectivity index (χ0v) is 6.18. The van der Waals surface area contributed by atoms with Crippen molar-refractivity contribution in [1.29, 1.82) is 0 Å². The van der Waals surface area contributed by atoms with E-state index >= 15 is 0 Å². The molecule has 4 nitrogen and oxygen atoms in total. The van der Waals surface area contributed by atoms with Gasteiger partial charge >= 0.3 is 0 Å². The summed E-state index contributed by atoms with van der Waals surface area (Å²) in [6, 6.07) is 3.56. The van der Waals surface area contributed by atoms with E-state index in [1.165, 1.54) is 0 Å². The number of aromatic nitrogens is 1. The van der Waals surface area contributed by atoms with Gasteiger partial charge in [-0.1, -0.05) is 12.0 Å². The molecule has 0 radical (unpaired) electrons. The molecule has 0 unspecified atom stereocenters. The van der Waals surface area contributed by atoms with Crippen LogP contribution in [0.5, 0.6) is 0 Å². The van der Waals surface area contributed by atoms with Crippen LogP contribution in [-0.2, 0) is 0 Å². The van der Waals surface area contributed by atoms with Crippen LogP contribution in [0.3, 0.4) is 0 Å². The number of nitrogens with zero attached hydrogens (tertiary/aromatic N) is 4. The predicted molar refractivity (Wildman–Crippen MR) is 41.8 cm³/mol. The monoisotopic (exact) mass is 148 g/mol. The third kappa shape index (κ3) is 1.95. The maximum atomic E-state index is 8.14. The van der Waals surface area contributed by atoms with Gasteiger partial charge < -0.3 is 0 Å². The van der Waals surface area contributed by atoms with Crippen molar-refractivity contribution in [2.24, 2.45) is 5.11 Å². The topological polar surface area (TPSA) is 61.7 Å². The maximum Gasteiger partial charge on any atom is 0.0598 e. The molecule has 1 heterocycles. The average molecular weight is 148 g/mol. The lowest BCUT2D eigenvalue weighted by molar-refractivity contribution is 0.805. The molecule has 0 aliphatic rings. The molecule has 56 valence electrons. The van der Waals surface area contributed by atoms with E-state index in [0.717, 1.165) is 5.56 Å². The van der Waals surface area contributed by atoms with Crippen LogP contribution >= 0.6 is 0 Å². The van der Waals surface area contributed by atoms with Gasteiger partial charge in [-0.15, -0.1) is 0 Å². The molecule has 0 spiro atoms. The van der Waals surface area contributed by atoms with Crippen LogP contribution in [0.1, 0.15) is 18.5 Å². The SMILES string of the molecule is C[C@H](N=[N+]=[N-])c1ccncc1. The Kier molecular flexibility index (Phi) is 2.47. The molecule has 0 fully saturated rings. The molecule has 0 aromatic carbocycles. The van der Waals surface area contributed by atoms with Crippen LogP contribution in [0.2, 0.25) is 0 Å². The van der Waals surface area contributed by atoms with Gasteiger partial charge in [0.2, 0.25) is 0 Å². The van der Waals surface area contributed by atoms with Crippen molar-refractivity contribution in [3.8, 4) is 0 Å². The van der Waals surface area contributed by atoms with E-state index < -0.39 is 0 Å². The third-order valence-corrected chi connectivity index (χ3v) is 1.41. The predicted octanol–water partition coefficient (Wildman–Crippen LogP) is 2.45. The number of rotatable bonds is 2. The highest BCUT2D eigenvalue weighted by molar-refractivity contribution is 5.13. The molecule has 1 atom stereocenters. The average Bonchev–Trinajstić information content (AvgIpc) is 2.07. The van der Waals surface area contributed by atoms with E-state index in [9.17, 15) is 0 Å². The lowest BCUT2D eigenvalue weighted by Gasteiger charge is -2.01. The minimum atomic E-state index is -0.108. The fourth-order valence-electron chi connectivity index (χ4n) is 0.786. The van der Waals surface area contributed by atoms with Gasteiger partial charge in [-0.25, -0.2) is 0 Å². The Bertz CT molecular complexity index is 263. The summed E-state index contributed by atoms with van der Waals surface area (Å²) >= 11 is 0. The zero-order valence-electron chi connectivity index (χ0n) is 6.18. The molecule has 11 heavy (non-hydrogen) atoms. The number of azide groups is 1. The van der Waals surface area contributed by atoms with E-state index in [1.807, 2.05) is 19.1 Å². The number of hydrogen-bond acceptors (Lipinski definition) is 2. The lowest BCUT2D eigenvalue weighted by Crippen LogP contribution is -1.86. The first-order chi connectivity index (χ1) is 5.34. The highest BCUT2D eigenvalue weighted by Gasteiger charge is 1.99. The van der Waals surface area contributed by atoms with Crippen molar-refractivity contribution in [2.75, 3.05) is 0 Å². The summed E-state index contributed by atoms with van der Waals surface area (Å²) in [5.74, 6) is 0. The summed E-state index contributed by atoms with van der Waals surface area (Å²) in [6.45, 7) is 1.84. The summed E-state index contributed by atoms with van der Waals surface area (Å²) in [5.41, 5.74) is 9.12. The quantitative estimate of drug-likeness (QED) is 0.361. The summed E-state index contributed by atoms with van der Waals surface area (Å²) in [7, 11) is 0. The fourth-order valence-corrected chi connectivity index (χ4v) is 0.786. The van der Waals surface area contributed by atoms with Gasteiger partial charge in [-0.2, -0.15) is 0 Å². The highest BCUT2D eigenvalue weighted by atomic mass is 15.1. The Morgan fingerprint density at radius 1 is 1.55 bits per heavy atom. The molecule has 0 aliphatic carbocycles. The minimum Gasteiger partial charge on any atom is -0.265 e. The van der Waals surface area contributed by atoms with Crippen molar-refractivity contribution in [2.45, 2.75) is 13.0 Å². The van der Waals surface area contributed by atoms with E-state index in [-0.39, 0.29) is 6.04 Å². The summed E-state index contributed by atoms with van der Waals surface area (Å²) in [6.07, 6.45) is 3.36. The van der Waals surface area contributed by atoms with Crippen LogP contribution in [0, 0.1) is 0 Å². The van der Waals surface area contributed by atoms with Crippen molar-refractivity contribution >= 4 is 0 Å². The van der Waals surface area contributed by atoms with Crippen LogP contribution in [-0.4, -0.2) is 4.98 Å². The fraction of sp³-hybridized carbons (Fsp3) is 0.286. The Morgan fingerprint density at radius 3 is 2.73 bits per heavy atom. The number of pyridine rings is 1. The molecular weight excluding hydrogens is 140 g/mol. The van der Waals surface area contributed by atoms with Crippen LogP contribution in [0.15, 0.2) is 29.6 Å². The van der Waals surface area contributed by atoms with Gasteiger partial charge in [0.25, 0.3) is 0 Å². The van der Waals surface area contributed by atoms with Gasteiger partial charge in [-0.3, -0.25) is 4.98 Å². The standard InChI is InChI=1S/C7H8N4/c1-6(10-11-8)7-2-4-9-5-3-7/h2-6H,1H3/t6-/m0/s1. The van der Waals surface area contributed by atoms with Crippen LogP contribution in [0.25, 0.3) is 10.4 Å². The molecule has 1 rings (SSSR count). The summed E-state index contributed by atoms with van der Waals surface area (Å²) in [4.78, 5) is 6.57. The third-order valence-electron chi connectivity index (χ3n) is 1.41. The molecule has 0 bridgehead atoms. The molecule has 0 saturated carbocycles. The first-order valence-electron chi connectivity index (χ1n) is 3.28. The smallest absolute Gasteiger partial charge is 0.0598 e. The second kappa shape index (κ2) is 3.58. The lowest BCUT2D eigenvalue weighted by atomic mass is 10.1. The van der Waals surface area contributed by atoms with Crippen LogP contribution in [0.4, 0.5) is 0 Å². The normalized spacial score (nSPS) is 11.7. The van der Waals surface area contributed by atoms with Gasteiger partial charge in [0.15, 0.2) is 0 Å². The van der Waals surface area contributed by atoms with Gasteiger partial charge in [0.05, 0.1) is 6.04 Å². The van der Waals surface area contributed by atoms with Crippen molar-refractivity contribution in [3.05, 3.63) is 40.5 Å². The van der Waals surface area contributed by atoms with Gasteiger partial charge in [-0.05, 0) is 23.2 Å². The van der Waals surface area contributed by atoms with Gasteiger partial charge in [0.1, 0.15) is 0 Å². The first kappa shape index (κ1) is 7.57. The Morgan fingerprint density at radius 2 is 2.18 bits per heavy atom. The molecule has 4 heteroatoms. The first-order valence-corrected chi connectivity index (χ1v) is 3.28. The Hall–Kier alpha value is -1.54. The molecule has 1 aromatic rings. The number of hydrogen-bond donors (Lipinski definition) is 0. The van der Waals surface area contributed by atoms with Gasteiger partial charge in [0, 0.05) is 17.3 Å². The van der Waals surface area contributed by atoms with Crippen molar-refractivity contribution < 1.29 is 0 Å². The summed E-state index contributed by atoms with van der Waals surface area (Å²) in [5, 5.41) is 3.55. The Balaban J connectivity index is 2.84. The molecule has 0 N–H and O–H groups in total. The van der Waals surface area contributed by atoms with Crippen molar-refractivity contribution in [3.63, 3.8) is 0 Å². The van der Waals surface area contributed by atoms with Crippen LogP contribution < -0.4 is 0 Å². The maximum absolute atomic E-state index is 8.14. The summed E-state index contributed by atoms with van der Waals surface area (Å²) < 4.78 is 0.